The van der Waals surface area contributed by atoms with Gasteiger partial charge in [-0.15, -0.1) is 0 Å². The Labute approximate surface area is 428 Å². The highest BCUT2D eigenvalue weighted by atomic mass is 79.9. The van der Waals surface area contributed by atoms with Crippen LogP contribution in [-0.4, -0.2) is 48.2 Å². The third-order valence-corrected chi connectivity index (χ3v) is 14.6. The average Bonchev–Trinajstić information content (AvgIpc) is 3.99. The van der Waals surface area contributed by atoms with Gasteiger partial charge in [-0.2, -0.15) is 10.2 Å². The number of aromatic nitrogens is 4. The van der Waals surface area contributed by atoms with Gasteiger partial charge in [0.2, 0.25) is 20.0 Å². The summed E-state index contributed by atoms with van der Waals surface area (Å²) in [7, 11) is -11.7. The lowest BCUT2D eigenvalue weighted by molar-refractivity contribution is 0.0688. The summed E-state index contributed by atoms with van der Waals surface area (Å²) in [6.07, 6.45) is -2.82. The second kappa shape index (κ2) is 21.3. The molecule has 0 aliphatic rings. The smallest absolute Gasteiger partial charge is 0.321 e. The van der Waals surface area contributed by atoms with Crippen LogP contribution >= 0.6 is 63.3 Å². The number of nitrogens with zero attached hydrogens (tertiary/aromatic N) is 4. The first-order valence-corrected chi connectivity index (χ1v) is 26.9. The maximum absolute atomic E-state index is 14.2. The van der Waals surface area contributed by atoms with E-state index in [0.717, 1.165) is 0 Å². The van der Waals surface area contributed by atoms with Crippen molar-refractivity contribution in [3.63, 3.8) is 0 Å². The summed E-state index contributed by atoms with van der Waals surface area (Å²) in [6, 6.07) is 40.9. The van der Waals surface area contributed by atoms with Gasteiger partial charge in [0.15, 0.2) is 23.8 Å². The maximum Gasteiger partial charge on any atom is 0.323 e. The number of nitrogens with two attached hydrogens (primary N) is 2. The van der Waals surface area contributed by atoms with Crippen molar-refractivity contribution in [3.05, 3.63) is 199 Å². The van der Waals surface area contributed by atoms with E-state index in [9.17, 15) is 31.0 Å². The van der Waals surface area contributed by atoms with Crippen LogP contribution in [0.15, 0.2) is 176 Å². The largest absolute Gasteiger partial charge is 0.323 e. The molecule has 0 bridgehead atoms. The lowest BCUT2D eigenvalue weighted by atomic mass is 10.1. The number of sulfonamides is 2. The molecule has 2 atom stereocenters. The molecular formula is C46H35Br2Cl2N8O9PS2. The Morgan fingerprint density at radius 1 is 0.543 bits per heavy atom. The van der Waals surface area contributed by atoms with Crippen molar-refractivity contribution in [2.24, 2.45) is 10.3 Å². The van der Waals surface area contributed by atoms with Crippen molar-refractivity contribution in [2.75, 3.05) is 0 Å². The molecule has 6 N–H and O–H groups in total. The molecule has 2 unspecified atom stereocenters. The van der Waals surface area contributed by atoms with Gasteiger partial charge in [-0.25, -0.2) is 36.5 Å². The van der Waals surface area contributed by atoms with Gasteiger partial charge in [0.1, 0.15) is 0 Å². The summed E-state index contributed by atoms with van der Waals surface area (Å²) < 4.78 is 78.4. The number of carbonyl (C=O) groups is 2. The van der Waals surface area contributed by atoms with Crippen LogP contribution < -0.4 is 20.9 Å². The van der Waals surface area contributed by atoms with Crippen molar-refractivity contribution >= 4 is 95.2 Å². The van der Waals surface area contributed by atoms with Crippen LogP contribution in [0.1, 0.15) is 44.6 Å². The first-order valence-electron chi connectivity index (χ1n) is 20.3. The molecule has 2 amide bonds. The van der Waals surface area contributed by atoms with Gasteiger partial charge in [0.05, 0.1) is 32.6 Å². The minimum atomic E-state index is -4.01. The van der Waals surface area contributed by atoms with Crippen molar-refractivity contribution in [2.45, 2.75) is 22.2 Å². The normalized spacial score (nSPS) is 13.1. The number of hydrogen-bond donors (Lipinski definition) is 4. The SMILES string of the molecule is NS(=O)(=O)c1ccc(-n2nc(C(=O)NC(O[PH](=O)OC(NC(=O)c3cc(-c4ccc(Cl)cc4)n(-c4ccc(S(N)(=O)=O)cc4)n3)c3ccc(Br)cc3)c3ccc(Br)cc3)cc2-c2ccc(Cl)cc2)cc1. The second-order valence-corrected chi connectivity index (χ2v) is 21.8. The molecule has 0 fully saturated rings. The Morgan fingerprint density at radius 2 is 0.871 bits per heavy atom. The number of amides is 2. The quantitative estimate of drug-likeness (QED) is 0.0524. The van der Waals surface area contributed by atoms with Crippen molar-refractivity contribution in [1.29, 1.82) is 0 Å². The molecule has 0 aliphatic heterocycles. The maximum atomic E-state index is 14.2. The Balaban J connectivity index is 1.08. The van der Waals surface area contributed by atoms with Crippen molar-refractivity contribution in [1.82, 2.24) is 30.2 Å². The number of benzene rings is 6. The number of rotatable bonds is 16. The van der Waals surface area contributed by atoms with E-state index in [-0.39, 0.29) is 21.2 Å². The molecule has 0 radical (unpaired) electrons. The lowest BCUT2D eigenvalue weighted by Gasteiger charge is -2.23. The first-order chi connectivity index (χ1) is 33.3. The predicted molar refractivity (Wildman–Crippen MR) is 271 cm³/mol. The Kier molecular flexibility index (Phi) is 15.4. The van der Waals surface area contributed by atoms with Gasteiger partial charge in [-0.05, 0) is 109 Å². The van der Waals surface area contributed by atoms with E-state index in [1.54, 1.807) is 97.1 Å². The van der Waals surface area contributed by atoms with Gasteiger partial charge in [-0.3, -0.25) is 23.2 Å². The molecule has 2 aromatic heterocycles. The highest BCUT2D eigenvalue weighted by molar-refractivity contribution is 9.10. The molecule has 17 nitrogen and oxygen atoms in total. The molecule has 8 aromatic rings. The molecule has 6 aromatic carbocycles. The van der Waals surface area contributed by atoms with Crippen molar-refractivity contribution in [3.8, 4) is 33.9 Å². The van der Waals surface area contributed by atoms with Crippen LogP contribution in [0.4, 0.5) is 0 Å². The zero-order chi connectivity index (χ0) is 49.9. The summed E-state index contributed by atoms with van der Waals surface area (Å²) >= 11 is 19.2. The van der Waals surface area contributed by atoms with E-state index < -0.39 is 52.6 Å². The summed E-state index contributed by atoms with van der Waals surface area (Å²) in [5.41, 5.74) is 3.37. The van der Waals surface area contributed by atoms with Crippen LogP contribution in [0.3, 0.4) is 0 Å². The highest BCUT2D eigenvalue weighted by Crippen LogP contribution is 2.38. The summed E-state index contributed by atoms with van der Waals surface area (Å²) in [5.74, 6) is -1.52. The van der Waals surface area contributed by atoms with Gasteiger partial charge in [0, 0.05) is 41.2 Å². The fourth-order valence-corrected chi connectivity index (χ4v) is 9.47. The summed E-state index contributed by atoms with van der Waals surface area (Å²) in [5, 5.41) is 26.2. The molecule has 24 heteroatoms. The van der Waals surface area contributed by atoms with Gasteiger partial charge in [0.25, 0.3) is 11.8 Å². The summed E-state index contributed by atoms with van der Waals surface area (Å²) in [4.78, 5) is 28.1. The summed E-state index contributed by atoms with van der Waals surface area (Å²) in [6.45, 7) is 0. The van der Waals surface area contributed by atoms with E-state index in [4.69, 9.17) is 42.5 Å². The predicted octanol–water partition coefficient (Wildman–Crippen LogP) is 9.50. The van der Waals surface area contributed by atoms with E-state index in [0.29, 0.717) is 64.0 Å². The molecule has 0 saturated carbocycles. The molecule has 70 heavy (non-hydrogen) atoms. The van der Waals surface area contributed by atoms with Crippen LogP contribution in [0.25, 0.3) is 33.9 Å². The topological polar surface area (TPSA) is 250 Å². The van der Waals surface area contributed by atoms with Crippen LogP contribution in [-0.2, 0) is 33.7 Å². The Bertz CT molecular complexity index is 3250. The number of nitrogens with one attached hydrogen (secondary N) is 2. The monoisotopic (exact) mass is 1170 g/mol. The van der Waals surface area contributed by atoms with Gasteiger partial charge >= 0.3 is 8.25 Å². The van der Waals surface area contributed by atoms with Crippen LogP contribution in [0.5, 0.6) is 0 Å². The molecule has 358 valence electrons. The standard InChI is InChI=1S/C46H35Br2Cl2N8O9PS2/c47-31-9-1-29(2-10-31)45(53-43(59)39-25-41(27-5-13-33(49)14-6-27)57(55-39)35-17-21-37(22-18-35)69(51,62)63)66-68(61)67-46(30-3-11-32(48)12-4-30)54-44(60)40-26-42(28-7-15-34(50)16-8-28)58(56-40)36-19-23-38(24-20-36)70(52,64)65/h1-26,45-46,68H,(H,53,59)(H,54,60)(H2,51,62,63)(H2,52,64,65). The second-order valence-electron chi connectivity index (χ2n) is 15.0. The Hall–Kier alpha value is -5.81. The minimum absolute atomic E-state index is 0.107. The number of carbonyl (C=O) groups excluding carboxylic acids is 2. The minimum Gasteiger partial charge on any atom is -0.321 e. The third kappa shape index (κ3) is 12.2. The van der Waals surface area contributed by atoms with E-state index in [1.165, 1.54) is 70.0 Å². The van der Waals surface area contributed by atoms with E-state index >= 15 is 0 Å². The molecule has 2 heterocycles. The number of primary sulfonamides is 2. The average molecular weight is 1170 g/mol. The first kappa shape index (κ1) is 50.6. The molecule has 0 saturated heterocycles. The molecular weight excluding hydrogens is 1130 g/mol. The molecule has 0 spiro atoms. The van der Waals surface area contributed by atoms with Gasteiger partial charge in [-0.1, -0.05) is 104 Å². The fourth-order valence-electron chi connectivity index (χ4n) is 6.83. The van der Waals surface area contributed by atoms with Crippen LogP contribution in [0, 0.1) is 0 Å². The highest BCUT2D eigenvalue weighted by Gasteiger charge is 2.27. The third-order valence-electron chi connectivity index (χ3n) is 10.3. The number of hydrogen-bond acceptors (Lipinski definition) is 11. The Morgan fingerprint density at radius 3 is 1.19 bits per heavy atom. The van der Waals surface area contributed by atoms with Crippen LogP contribution in [0.2, 0.25) is 10.0 Å². The van der Waals surface area contributed by atoms with Gasteiger partial charge < -0.3 is 10.6 Å². The molecule has 0 aliphatic carbocycles. The van der Waals surface area contributed by atoms with Crippen molar-refractivity contribution < 1.29 is 40.0 Å². The lowest BCUT2D eigenvalue weighted by Crippen LogP contribution is -2.31. The number of halogens is 4. The van der Waals surface area contributed by atoms with E-state index in [2.05, 4.69) is 52.7 Å². The zero-order valence-corrected chi connectivity index (χ0v) is 42.9. The van der Waals surface area contributed by atoms with E-state index in [1.807, 2.05) is 0 Å². The molecule has 8 rings (SSSR count). The fraction of sp³-hybridized carbons (Fsp3) is 0.0435. The zero-order valence-electron chi connectivity index (χ0n) is 35.6.